The molecule has 0 radical (unpaired) electrons. The minimum Gasteiger partial charge on any atom is -0.461 e. The number of pyridine rings is 1. The van der Waals surface area contributed by atoms with Gasteiger partial charge in [-0.2, -0.15) is 4.39 Å². The van der Waals surface area contributed by atoms with Gasteiger partial charge in [0.25, 0.3) is 5.91 Å². The molecule has 0 aromatic carbocycles. The third-order valence-electron chi connectivity index (χ3n) is 2.94. The fraction of sp³-hybridized carbons (Fsp3) is 0.286. The molecule has 0 aliphatic heterocycles. The summed E-state index contributed by atoms with van der Waals surface area (Å²) in [5.74, 6) is -3.36. The summed E-state index contributed by atoms with van der Waals surface area (Å²) in [5, 5.41) is 0. The highest BCUT2D eigenvalue weighted by Crippen LogP contribution is 2.12. The molecule has 0 saturated heterocycles. The number of hydrogen-bond donors (Lipinski definition) is 1. The van der Waals surface area contributed by atoms with Crippen molar-refractivity contribution in [3.63, 3.8) is 0 Å². The second-order valence-electron chi connectivity index (χ2n) is 4.58. The molecule has 0 aliphatic carbocycles. The summed E-state index contributed by atoms with van der Waals surface area (Å²) in [6, 6.07) is 1.64. The predicted molar refractivity (Wildman–Crippen MR) is 74.5 cm³/mol. The summed E-state index contributed by atoms with van der Waals surface area (Å²) in [7, 11) is 1.37. The van der Waals surface area contributed by atoms with Crippen molar-refractivity contribution in [1.82, 2.24) is 19.9 Å². The molecule has 122 valence electrons. The van der Waals surface area contributed by atoms with E-state index in [0.717, 1.165) is 17.0 Å². The number of esters is 1. The number of nitrogens with one attached hydrogen (secondary N) is 1. The van der Waals surface area contributed by atoms with Gasteiger partial charge in [-0.05, 0) is 19.1 Å². The first-order chi connectivity index (χ1) is 10.9. The first-order valence-corrected chi connectivity index (χ1v) is 6.71. The summed E-state index contributed by atoms with van der Waals surface area (Å²) in [6.07, 6.45) is 1.28. The van der Waals surface area contributed by atoms with Gasteiger partial charge in [0.05, 0.1) is 25.2 Å². The van der Waals surface area contributed by atoms with Gasteiger partial charge >= 0.3 is 5.97 Å². The maximum absolute atomic E-state index is 13.6. The van der Waals surface area contributed by atoms with E-state index in [9.17, 15) is 18.4 Å². The summed E-state index contributed by atoms with van der Waals surface area (Å²) in [6.45, 7) is 1.75. The van der Waals surface area contributed by atoms with E-state index in [2.05, 4.69) is 15.0 Å². The number of carbonyl (C=O) groups is 2. The average Bonchev–Trinajstić information content (AvgIpc) is 2.97. The van der Waals surface area contributed by atoms with E-state index in [1.807, 2.05) is 0 Å². The van der Waals surface area contributed by atoms with E-state index in [1.165, 1.54) is 13.4 Å². The van der Waals surface area contributed by atoms with Crippen LogP contribution in [-0.2, 0) is 11.3 Å². The molecule has 2 heterocycles. The number of ether oxygens (including phenoxy) is 1. The molecule has 7 nitrogen and oxygen atoms in total. The first-order valence-electron chi connectivity index (χ1n) is 6.71. The third-order valence-corrected chi connectivity index (χ3v) is 2.94. The molecule has 2 aromatic heterocycles. The van der Waals surface area contributed by atoms with E-state index in [0.29, 0.717) is 5.69 Å². The number of rotatable bonds is 5. The van der Waals surface area contributed by atoms with Crippen LogP contribution in [0.2, 0.25) is 0 Å². The molecule has 0 spiro atoms. The van der Waals surface area contributed by atoms with Crippen molar-refractivity contribution in [1.29, 1.82) is 0 Å². The van der Waals surface area contributed by atoms with Gasteiger partial charge in [0.1, 0.15) is 0 Å². The van der Waals surface area contributed by atoms with Gasteiger partial charge in [-0.1, -0.05) is 0 Å². The van der Waals surface area contributed by atoms with Crippen molar-refractivity contribution in [2.75, 3.05) is 13.7 Å². The van der Waals surface area contributed by atoms with Crippen LogP contribution in [0.1, 0.15) is 33.6 Å². The van der Waals surface area contributed by atoms with Crippen LogP contribution in [0, 0.1) is 11.8 Å². The minimum absolute atomic E-state index is 0.0270. The molecule has 2 rings (SSSR count). The van der Waals surface area contributed by atoms with Crippen LogP contribution in [0.15, 0.2) is 18.5 Å². The van der Waals surface area contributed by atoms with Crippen LogP contribution in [-0.4, -0.2) is 45.4 Å². The number of amides is 1. The number of H-pyrrole nitrogens is 1. The molecular formula is C14H14F2N4O3. The van der Waals surface area contributed by atoms with E-state index in [1.54, 1.807) is 6.92 Å². The smallest absolute Gasteiger partial charge is 0.358 e. The Hall–Kier alpha value is -2.84. The SMILES string of the molecule is CCOC(=O)c1nc[nH]c1CN(C)C(=O)c1nc(F)ccc1F. The molecule has 0 aliphatic rings. The highest BCUT2D eigenvalue weighted by atomic mass is 19.1. The van der Waals surface area contributed by atoms with Crippen LogP contribution in [0.5, 0.6) is 0 Å². The fourth-order valence-corrected chi connectivity index (χ4v) is 1.87. The molecule has 0 unspecified atom stereocenters. The lowest BCUT2D eigenvalue weighted by Crippen LogP contribution is -2.29. The second kappa shape index (κ2) is 6.95. The number of hydrogen-bond acceptors (Lipinski definition) is 5. The van der Waals surface area contributed by atoms with Gasteiger partial charge in [-0.3, -0.25) is 4.79 Å². The zero-order valence-corrected chi connectivity index (χ0v) is 12.5. The molecular weight excluding hydrogens is 310 g/mol. The van der Waals surface area contributed by atoms with Crippen molar-refractivity contribution < 1.29 is 23.1 Å². The summed E-state index contributed by atoms with van der Waals surface area (Å²) < 4.78 is 31.5. The topological polar surface area (TPSA) is 88.2 Å². The van der Waals surface area contributed by atoms with Gasteiger partial charge in [-0.25, -0.2) is 19.2 Å². The van der Waals surface area contributed by atoms with Crippen molar-refractivity contribution in [3.8, 4) is 0 Å². The summed E-state index contributed by atoms with van der Waals surface area (Å²) in [4.78, 5) is 34.8. The highest BCUT2D eigenvalue weighted by Gasteiger charge is 2.22. The van der Waals surface area contributed by atoms with Crippen LogP contribution in [0.3, 0.4) is 0 Å². The quantitative estimate of drug-likeness (QED) is 0.665. The van der Waals surface area contributed by atoms with E-state index in [4.69, 9.17) is 4.74 Å². The number of imidazole rings is 1. The predicted octanol–water partition coefficient (Wildman–Crippen LogP) is 1.53. The molecule has 1 N–H and O–H groups in total. The monoisotopic (exact) mass is 324 g/mol. The van der Waals surface area contributed by atoms with E-state index in [-0.39, 0.29) is 18.8 Å². The lowest BCUT2D eigenvalue weighted by molar-refractivity contribution is 0.0515. The van der Waals surface area contributed by atoms with Gasteiger partial charge < -0.3 is 14.6 Å². The maximum atomic E-state index is 13.6. The van der Waals surface area contributed by atoms with Crippen molar-refractivity contribution in [2.45, 2.75) is 13.5 Å². The molecule has 9 heteroatoms. The second-order valence-corrected chi connectivity index (χ2v) is 4.58. The lowest BCUT2D eigenvalue weighted by atomic mass is 10.2. The normalized spacial score (nSPS) is 10.4. The van der Waals surface area contributed by atoms with Crippen LogP contribution >= 0.6 is 0 Å². The number of aromatic amines is 1. The Kier molecular flexibility index (Phi) is 4.99. The van der Waals surface area contributed by atoms with Crippen molar-refractivity contribution >= 4 is 11.9 Å². The Morgan fingerprint density at radius 1 is 1.30 bits per heavy atom. The molecule has 0 bridgehead atoms. The van der Waals surface area contributed by atoms with Crippen LogP contribution < -0.4 is 0 Å². The minimum atomic E-state index is -0.961. The number of aromatic nitrogens is 3. The van der Waals surface area contributed by atoms with Crippen molar-refractivity contribution in [3.05, 3.63) is 47.3 Å². The van der Waals surface area contributed by atoms with Crippen molar-refractivity contribution in [2.24, 2.45) is 0 Å². The Morgan fingerprint density at radius 2 is 2.04 bits per heavy atom. The third kappa shape index (κ3) is 3.68. The van der Waals surface area contributed by atoms with Gasteiger partial charge in [0.15, 0.2) is 17.2 Å². The fourth-order valence-electron chi connectivity index (χ4n) is 1.87. The van der Waals surface area contributed by atoms with Crippen LogP contribution in [0.25, 0.3) is 0 Å². The van der Waals surface area contributed by atoms with Crippen LogP contribution in [0.4, 0.5) is 8.78 Å². The Balaban J connectivity index is 2.18. The first kappa shape index (κ1) is 16.5. The zero-order chi connectivity index (χ0) is 17.0. The summed E-state index contributed by atoms with van der Waals surface area (Å²) in [5.41, 5.74) is -0.292. The molecule has 2 aromatic rings. The van der Waals surface area contributed by atoms with E-state index < -0.39 is 29.3 Å². The highest BCUT2D eigenvalue weighted by molar-refractivity contribution is 5.93. The van der Waals surface area contributed by atoms with Gasteiger partial charge in [0.2, 0.25) is 5.95 Å². The average molecular weight is 324 g/mol. The number of nitrogens with zero attached hydrogens (tertiary/aromatic N) is 3. The molecule has 0 atom stereocenters. The van der Waals surface area contributed by atoms with E-state index >= 15 is 0 Å². The molecule has 0 saturated carbocycles. The van der Waals surface area contributed by atoms with Gasteiger partial charge in [0, 0.05) is 7.05 Å². The zero-order valence-electron chi connectivity index (χ0n) is 12.5. The largest absolute Gasteiger partial charge is 0.461 e. The lowest BCUT2D eigenvalue weighted by Gasteiger charge is -2.16. The number of halogens is 2. The Bertz CT molecular complexity index is 733. The Morgan fingerprint density at radius 3 is 2.74 bits per heavy atom. The molecule has 1 amide bonds. The standard InChI is InChI=1S/C14H14F2N4O3/c1-3-23-14(22)12-9(17-7-18-12)6-20(2)13(21)11-8(15)4-5-10(16)19-11/h4-5,7H,3,6H2,1-2H3,(H,17,18). The summed E-state index contributed by atoms with van der Waals surface area (Å²) >= 11 is 0. The molecule has 0 fully saturated rings. The molecule has 23 heavy (non-hydrogen) atoms. The number of carbonyl (C=O) groups excluding carboxylic acids is 2. The van der Waals surface area contributed by atoms with Gasteiger partial charge in [-0.15, -0.1) is 0 Å². The maximum Gasteiger partial charge on any atom is 0.358 e. The Labute approximate surface area is 130 Å².